The van der Waals surface area contributed by atoms with Gasteiger partial charge in [-0.2, -0.15) is 23.5 Å². The van der Waals surface area contributed by atoms with E-state index >= 15 is 0 Å². The number of alkyl halides is 3. The summed E-state index contributed by atoms with van der Waals surface area (Å²) < 4.78 is 48.9. The average Bonchev–Trinajstić information content (AvgIpc) is 3.59. The van der Waals surface area contributed by atoms with Crippen molar-refractivity contribution in [2.45, 2.75) is 31.2 Å². The zero-order valence-electron chi connectivity index (χ0n) is 22.7. The van der Waals surface area contributed by atoms with Crippen LogP contribution >= 0.6 is 11.6 Å². The van der Waals surface area contributed by atoms with Gasteiger partial charge in [-0.25, -0.2) is 9.97 Å². The second-order valence-corrected chi connectivity index (χ2v) is 10.3. The van der Waals surface area contributed by atoms with E-state index in [0.29, 0.717) is 44.6 Å². The van der Waals surface area contributed by atoms with Gasteiger partial charge in [0.25, 0.3) is 12.4 Å². The summed E-state index contributed by atoms with van der Waals surface area (Å²) >= 11 is 6.51. The van der Waals surface area contributed by atoms with Gasteiger partial charge in [-0.05, 0) is 25.2 Å². The highest BCUT2D eigenvalue weighted by Crippen LogP contribution is 2.37. The number of ether oxygens (including phenoxy) is 1. The zero-order chi connectivity index (χ0) is 30.8. The minimum atomic E-state index is -4.75. The van der Waals surface area contributed by atoms with E-state index in [1.807, 2.05) is 0 Å². The van der Waals surface area contributed by atoms with Crippen molar-refractivity contribution < 1.29 is 27.5 Å². The Kier molecular flexibility index (Phi) is 8.25. The molecule has 0 saturated carbocycles. The van der Waals surface area contributed by atoms with Crippen LogP contribution in [-0.2, 0) is 22.3 Å². The highest BCUT2D eigenvalue weighted by Gasteiger charge is 2.39. The van der Waals surface area contributed by atoms with E-state index in [2.05, 4.69) is 25.7 Å². The first kappa shape index (κ1) is 29.8. The Morgan fingerprint density at radius 2 is 2.05 bits per heavy atom. The van der Waals surface area contributed by atoms with Gasteiger partial charge in [-0.15, -0.1) is 0 Å². The predicted octanol–water partition coefficient (Wildman–Crippen LogP) is 3.90. The monoisotopic (exact) mass is 615 g/mol. The molecule has 5 rings (SSSR count). The molecular formula is C27H25ClF3N9O3. The molecule has 0 spiro atoms. The number of imidazole rings is 1. The van der Waals surface area contributed by atoms with Gasteiger partial charge in [0.2, 0.25) is 0 Å². The molecule has 12 nitrogen and oxygen atoms in total. The van der Waals surface area contributed by atoms with Crippen LogP contribution in [0.5, 0.6) is 0 Å². The van der Waals surface area contributed by atoms with E-state index in [9.17, 15) is 22.8 Å². The molecule has 16 heteroatoms. The Labute approximate surface area is 248 Å². The molecule has 1 aromatic carbocycles. The molecule has 1 aliphatic rings. The van der Waals surface area contributed by atoms with Crippen LogP contribution in [0.25, 0.3) is 16.9 Å². The second-order valence-electron chi connectivity index (χ2n) is 9.90. The highest BCUT2D eigenvalue weighted by molar-refractivity contribution is 6.34. The van der Waals surface area contributed by atoms with Crippen molar-refractivity contribution in [3.05, 3.63) is 59.3 Å². The fourth-order valence-electron chi connectivity index (χ4n) is 5.13. The summed E-state index contributed by atoms with van der Waals surface area (Å²) in [4.78, 5) is 34.4. The van der Waals surface area contributed by atoms with Crippen LogP contribution in [0.4, 0.5) is 24.7 Å². The minimum Gasteiger partial charge on any atom is -0.460 e. The molecule has 2 N–H and O–H groups in total. The molecule has 0 unspecified atom stereocenters. The number of nitrogens with one attached hydrogen (secondary N) is 2. The number of anilines is 2. The number of piperidine rings is 1. The Balaban J connectivity index is 1.36. The van der Waals surface area contributed by atoms with Crippen molar-refractivity contribution in [2.24, 2.45) is 0 Å². The number of nitrogens with zero attached hydrogens (tertiary/aromatic N) is 7. The molecular weight excluding hydrogens is 591 g/mol. The van der Waals surface area contributed by atoms with Crippen LogP contribution in [0.1, 0.15) is 28.9 Å². The normalized spacial score (nSPS) is 14.8. The smallest absolute Gasteiger partial charge is 0.435 e. The van der Waals surface area contributed by atoms with Crippen molar-refractivity contribution in [1.82, 2.24) is 34.4 Å². The lowest BCUT2D eigenvalue weighted by atomic mass is 9.90. The lowest BCUT2D eigenvalue weighted by Gasteiger charge is -2.40. The third-order valence-corrected chi connectivity index (χ3v) is 7.50. The summed E-state index contributed by atoms with van der Waals surface area (Å²) in [6.45, 7) is 1.31. The summed E-state index contributed by atoms with van der Waals surface area (Å²) in [6, 6.07) is 6.52. The molecule has 1 saturated heterocycles. The lowest BCUT2D eigenvalue weighted by Crippen LogP contribution is -2.52. The van der Waals surface area contributed by atoms with Gasteiger partial charge in [0, 0.05) is 56.8 Å². The van der Waals surface area contributed by atoms with Crippen LogP contribution in [0, 0.1) is 11.3 Å². The third-order valence-electron chi connectivity index (χ3n) is 7.19. The largest absolute Gasteiger partial charge is 0.460 e. The number of amides is 1. The van der Waals surface area contributed by atoms with E-state index < -0.39 is 17.5 Å². The van der Waals surface area contributed by atoms with Crippen LogP contribution < -0.4 is 10.6 Å². The molecule has 43 heavy (non-hydrogen) atoms. The Bertz CT molecular complexity index is 1710. The van der Waals surface area contributed by atoms with Gasteiger partial charge in [0.1, 0.15) is 12.1 Å². The fourth-order valence-corrected chi connectivity index (χ4v) is 5.39. The maximum Gasteiger partial charge on any atom is 0.435 e. The van der Waals surface area contributed by atoms with Gasteiger partial charge in [-0.3, -0.25) is 18.7 Å². The second kappa shape index (κ2) is 11.9. The third kappa shape index (κ3) is 5.97. The van der Waals surface area contributed by atoms with Gasteiger partial charge in [-0.1, -0.05) is 11.6 Å². The van der Waals surface area contributed by atoms with Crippen LogP contribution in [0.15, 0.2) is 43.0 Å². The number of nitriles is 1. The molecule has 3 aromatic heterocycles. The standard InChI is InChI=1S/C27H25ClF3N9O3/c1-33-15-26(43-16-41)4-8-38(9-5-26)25(42)18-3-2-17(12-20(18)28)36-23-24-35-13-21(40(24)11-7-34-23)19-14-39(10-6-32)37-22(19)27(29,30)31/h2-3,7,11-14,16,33H,4-5,8-10,15H2,1H3,(H,34,36). The van der Waals surface area contributed by atoms with Gasteiger partial charge >= 0.3 is 6.18 Å². The number of fused-ring (bicyclic) bond motifs is 1. The maximum atomic E-state index is 13.7. The Morgan fingerprint density at radius 3 is 2.70 bits per heavy atom. The van der Waals surface area contributed by atoms with E-state index in [4.69, 9.17) is 21.6 Å². The van der Waals surface area contributed by atoms with Crippen molar-refractivity contribution in [3.8, 4) is 17.3 Å². The van der Waals surface area contributed by atoms with Crippen molar-refractivity contribution >= 4 is 41.1 Å². The van der Waals surface area contributed by atoms with Gasteiger partial charge < -0.3 is 20.3 Å². The molecule has 1 amide bonds. The first-order valence-corrected chi connectivity index (χ1v) is 13.4. The molecule has 4 aromatic rings. The summed E-state index contributed by atoms with van der Waals surface area (Å²) in [5.74, 6) is -0.0369. The summed E-state index contributed by atoms with van der Waals surface area (Å²) in [5.41, 5.74) is -0.960. The van der Waals surface area contributed by atoms with Crippen LogP contribution in [-0.4, -0.2) is 73.7 Å². The number of halogens is 4. The maximum absolute atomic E-state index is 13.7. The van der Waals surface area contributed by atoms with Crippen LogP contribution in [0.2, 0.25) is 5.02 Å². The number of aromatic nitrogens is 5. The van der Waals surface area contributed by atoms with E-state index in [-0.39, 0.29) is 45.8 Å². The van der Waals surface area contributed by atoms with E-state index in [0.717, 1.165) is 10.9 Å². The fraction of sp³-hybridized carbons (Fsp3) is 0.333. The van der Waals surface area contributed by atoms with Crippen molar-refractivity contribution in [1.29, 1.82) is 5.26 Å². The van der Waals surface area contributed by atoms with E-state index in [1.54, 1.807) is 36.2 Å². The number of hydrogen-bond acceptors (Lipinski definition) is 9. The number of carbonyl (C=O) groups excluding carboxylic acids is 2. The van der Waals surface area contributed by atoms with Crippen molar-refractivity contribution in [2.75, 3.05) is 32.0 Å². The zero-order valence-corrected chi connectivity index (χ0v) is 23.5. The lowest BCUT2D eigenvalue weighted by molar-refractivity contribution is -0.147. The number of rotatable bonds is 9. The Morgan fingerprint density at radius 1 is 1.28 bits per heavy atom. The molecule has 1 fully saturated rings. The number of likely N-dealkylation sites (N-methyl/N-ethyl adjacent to an activating group) is 1. The summed E-state index contributed by atoms with van der Waals surface area (Å²) in [7, 11) is 1.77. The van der Waals surface area contributed by atoms with Gasteiger partial charge in [0.05, 0.1) is 34.1 Å². The summed E-state index contributed by atoms with van der Waals surface area (Å²) in [6.07, 6.45) is 1.47. The first-order valence-electron chi connectivity index (χ1n) is 13.0. The SMILES string of the molecule is CNCC1(OC=O)CCN(C(=O)c2ccc(Nc3nccn4c(-c5cn(CC#N)nc5C(F)(F)F)cnc34)cc2Cl)CC1. The topological polar surface area (TPSA) is 142 Å². The number of benzene rings is 1. The molecule has 4 heterocycles. The quantitative estimate of drug-likeness (QED) is 0.268. The molecule has 224 valence electrons. The molecule has 1 aliphatic heterocycles. The highest BCUT2D eigenvalue weighted by atomic mass is 35.5. The minimum absolute atomic E-state index is 0.106. The first-order chi connectivity index (χ1) is 20.6. The molecule has 0 aliphatic carbocycles. The van der Waals surface area contributed by atoms with Crippen LogP contribution in [0.3, 0.4) is 0 Å². The Hall–Kier alpha value is -4.68. The number of carbonyl (C=O) groups is 2. The molecule has 0 radical (unpaired) electrons. The van der Waals surface area contributed by atoms with E-state index in [1.165, 1.54) is 23.0 Å². The summed E-state index contributed by atoms with van der Waals surface area (Å²) in [5, 5.41) is 18.7. The van der Waals surface area contributed by atoms with Gasteiger partial charge in [0.15, 0.2) is 17.2 Å². The molecule has 0 bridgehead atoms. The number of likely N-dealkylation sites (tertiary alicyclic amines) is 1. The molecule has 0 atom stereocenters. The van der Waals surface area contributed by atoms with Crippen molar-refractivity contribution in [3.63, 3.8) is 0 Å². The predicted molar refractivity (Wildman–Crippen MR) is 149 cm³/mol. The number of hydrogen-bond donors (Lipinski definition) is 2. The average molecular weight is 616 g/mol.